The van der Waals surface area contributed by atoms with Crippen LogP contribution in [-0.4, -0.2) is 0 Å². The molecule has 0 atom stereocenters. The van der Waals surface area contributed by atoms with E-state index in [4.69, 9.17) is 0 Å². The molecule has 0 unspecified atom stereocenters. The molecule has 0 aliphatic rings. The van der Waals surface area contributed by atoms with Gasteiger partial charge >= 0.3 is 0 Å². The summed E-state index contributed by atoms with van der Waals surface area (Å²) in [4.78, 5) is 0. The zero-order valence-electron chi connectivity index (χ0n) is 10.5. The van der Waals surface area contributed by atoms with E-state index in [2.05, 4.69) is 62.0 Å². The molecule has 0 bridgehead atoms. The Labute approximate surface area is 109 Å². The first-order valence-electron chi connectivity index (χ1n) is 6.10. The smallest absolute Gasteiger partial charge is 0.00431 e. The monoisotopic (exact) mass is 233 g/mol. The Balaban J connectivity index is 2.19. The number of benzene rings is 2. The average molecular weight is 233 g/mol. The Morgan fingerprint density at radius 3 is 2.17 bits per heavy atom. The minimum Gasteiger partial charge on any atom is -0.0984 e. The highest BCUT2D eigenvalue weighted by molar-refractivity contribution is 5.67. The van der Waals surface area contributed by atoms with E-state index in [-0.39, 0.29) is 0 Å². The van der Waals surface area contributed by atoms with E-state index in [0.717, 1.165) is 17.5 Å². The number of rotatable bonds is 5. The van der Waals surface area contributed by atoms with Gasteiger partial charge in [0, 0.05) is 0 Å². The second kappa shape index (κ2) is 6.02. The van der Waals surface area contributed by atoms with Gasteiger partial charge in [0.2, 0.25) is 0 Å². The Kier molecular flexibility index (Phi) is 4.14. The lowest BCUT2D eigenvalue weighted by atomic mass is 9.96. The van der Waals surface area contributed by atoms with Gasteiger partial charge in [-0.3, -0.25) is 0 Å². The van der Waals surface area contributed by atoms with Gasteiger partial charge < -0.3 is 0 Å². The highest BCUT2D eigenvalue weighted by Crippen LogP contribution is 2.20. The third-order valence-electron chi connectivity index (χ3n) is 3.00. The summed E-state index contributed by atoms with van der Waals surface area (Å²) in [5.74, 6) is 0. The molecule has 0 spiro atoms. The first-order chi connectivity index (χ1) is 8.85. The van der Waals surface area contributed by atoms with Crippen molar-refractivity contribution in [1.29, 1.82) is 0 Å². The minimum atomic E-state index is 0.933. The molecular weight excluding hydrogens is 216 g/mol. The lowest BCUT2D eigenvalue weighted by molar-refractivity contribution is 1.16. The molecule has 0 aliphatic heterocycles. The molecule has 0 aromatic heterocycles. The molecule has 0 saturated carbocycles. The molecule has 0 saturated heterocycles. The second-order valence-electron chi connectivity index (χ2n) is 4.15. The molecule has 2 aromatic carbocycles. The first kappa shape index (κ1) is 12.4. The van der Waals surface area contributed by atoms with E-state index >= 15 is 0 Å². The van der Waals surface area contributed by atoms with Crippen LogP contribution >= 0.6 is 0 Å². The van der Waals surface area contributed by atoms with Gasteiger partial charge in [-0.2, -0.15) is 0 Å². The molecule has 0 fully saturated rings. The fourth-order valence-corrected chi connectivity index (χ4v) is 2.04. The van der Waals surface area contributed by atoms with Crippen LogP contribution in [0.25, 0.3) is 12.2 Å². The van der Waals surface area contributed by atoms with Crippen LogP contribution in [-0.2, 0) is 6.42 Å². The molecule has 0 nitrogen and oxygen atoms in total. The Morgan fingerprint density at radius 1 is 0.778 bits per heavy atom. The molecule has 2 aromatic rings. The first-order valence-corrected chi connectivity index (χ1v) is 6.10. The molecule has 1 radical (unpaired) electrons. The zero-order chi connectivity index (χ0) is 12.8. The summed E-state index contributed by atoms with van der Waals surface area (Å²) in [6, 6.07) is 16.7. The lowest BCUT2D eigenvalue weighted by Gasteiger charge is -2.09. The predicted octanol–water partition coefficient (Wildman–Crippen LogP) is 4.77. The van der Waals surface area contributed by atoms with Gasteiger partial charge in [0.05, 0.1) is 0 Å². The van der Waals surface area contributed by atoms with Crippen LogP contribution in [0.1, 0.15) is 22.3 Å². The Bertz CT molecular complexity index is 535. The molecule has 0 heteroatoms. The van der Waals surface area contributed by atoms with Crippen LogP contribution in [0.5, 0.6) is 0 Å². The topological polar surface area (TPSA) is 0 Å². The summed E-state index contributed by atoms with van der Waals surface area (Å²) < 4.78 is 0. The highest BCUT2D eigenvalue weighted by atomic mass is 14.1. The summed E-state index contributed by atoms with van der Waals surface area (Å²) in [7, 11) is 0. The third-order valence-corrected chi connectivity index (χ3v) is 3.00. The van der Waals surface area contributed by atoms with E-state index in [1.807, 2.05) is 18.2 Å². The molecule has 0 amide bonds. The highest BCUT2D eigenvalue weighted by Gasteiger charge is 2.03. The van der Waals surface area contributed by atoms with Gasteiger partial charge in [-0.15, -0.1) is 0 Å². The minimum absolute atomic E-state index is 0.933. The fourth-order valence-electron chi connectivity index (χ4n) is 2.04. The SMILES string of the molecule is C=Cc1cccc([CH]Cc2ccccc2)c1C=C. The van der Waals surface area contributed by atoms with E-state index in [1.165, 1.54) is 11.1 Å². The number of hydrogen-bond acceptors (Lipinski definition) is 0. The van der Waals surface area contributed by atoms with Gasteiger partial charge in [0.25, 0.3) is 0 Å². The maximum Gasteiger partial charge on any atom is -0.00431 e. The largest absolute Gasteiger partial charge is 0.0984 e. The van der Waals surface area contributed by atoms with Crippen LogP contribution < -0.4 is 0 Å². The molecule has 2 rings (SSSR count). The zero-order valence-corrected chi connectivity index (χ0v) is 10.5. The molecule has 89 valence electrons. The Hall–Kier alpha value is -2.08. The fraction of sp³-hybridized carbons (Fsp3) is 0.0556. The molecule has 18 heavy (non-hydrogen) atoms. The third kappa shape index (κ3) is 2.78. The van der Waals surface area contributed by atoms with Gasteiger partial charge in [0.1, 0.15) is 0 Å². The normalized spacial score (nSPS) is 10.0. The number of hydrogen-bond donors (Lipinski definition) is 0. The maximum atomic E-state index is 3.89. The Morgan fingerprint density at radius 2 is 1.50 bits per heavy atom. The van der Waals surface area contributed by atoms with E-state index in [1.54, 1.807) is 0 Å². The van der Waals surface area contributed by atoms with Crippen molar-refractivity contribution in [1.82, 2.24) is 0 Å². The molecule has 0 N–H and O–H groups in total. The van der Waals surface area contributed by atoms with Crippen molar-refractivity contribution in [3.8, 4) is 0 Å². The summed E-state index contributed by atoms with van der Waals surface area (Å²) in [6.45, 7) is 7.72. The molecular formula is C18H17. The maximum absolute atomic E-state index is 3.89. The van der Waals surface area contributed by atoms with Crippen molar-refractivity contribution >= 4 is 12.2 Å². The lowest BCUT2D eigenvalue weighted by Crippen LogP contribution is -1.93. The second-order valence-corrected chi connectivity index (χ2v) is 4.15. The average Bonchev–Trinajstić information content (AvgIpc) is 2.45. The van der Waals surface area contributed by atoms with Gasteiger partial charge in [-0.05, 0) is 35.1 Å². The van der Waals surface area contributed by atoms with Crippen molar-refractivity contribution in [3.63, 3.8) is 0 Å². The van der Waals surface area contributed by atoms with Crippen LogP contribution in [0.2, 0.25) is 0 Å². The standard InChI is InChI=1S/C18H17/c1-3-16-11-8-12-17(18(16)4-2)14-13-15-9-6-5-7-10-15/h3-12,14H,1-2,13H2. The van der Waals surface area contributed by atoms with Crippen LogP contribution in [0, 0.1) is 6.42 Å². The van der Waals surface area contributed by atoms with Gasteiger partial charge in [-0.25, -0.2) is 0 Å². The van der Waals surface area contributed by atoms with Crippen molar-refractivity contribution in [2.75, 3.05) is 0 Å². The van der Waals surface area contributed by atoms with Gasteiger partial charge in [-0.1, -0.05) is 73.8 Å². The van der Waals surface area contributed by atoms with E-state index < -0.39 is 0 Å². The van der Waals surface area contributed by atoms with Crippen molar-refractivity contribution in [3.05, 3.63) is 90.4 Å². The van der Waals surface area contributed by atoms with Crippen molar-refractivity contribution in [2.24, 2.45) is 0 Å². The summed E-state index contributed by atoms with van der Waals surface area (Å²) in [5, 5.41) is 0. The van der Waals surface area contributed by atoms with Crippen LogP contribution in [0.15, 0.2) is 61.7 Å². The predicted molar refractivity (Wildman–Crippen MR) is 80.2 cm³/mol. The van der Waals surface area contributed by atoms with E-state index in [0.29, 0.717) is 0 Å². The summed E-state index contributed by atoms with van der Waals surface area (Å²) in [6.07, 6.45) is 6.94. The molecule has 0 aliphatic carbocycles. The summed E-state index contributed by atoms with van der Waals surface area (Å²) in [5.41, 5.74) is 4.82. The van der Waals surface area contributed by atoms with Crippen LogP contribution in [0.3, 0.4) is 0 Å². The summed E-state index contributed by atoms with van der Waals surface area (Å²) >= 11 is 0. The van der Waals surface area contributed by atoms with Crippen molar-refractivity contribution in [2.45, 2.75) is 6.42 Å². The molecule has 0 heterocycles. The quantitative estimate of drug-likeness (QED) is 0.698. The van der Waals surface area contributed by atoms with Gasteiger partial charge in [0.15, 0.2) is 0 Å². The van der Waals surface area contributed by atoms with Crippen LogP contribution in [0.4, 0.5) is 0 Å². The van der Waals surface area contributed by atoms with E-state index in [9.17, 15) is 0 Å². The van der Waals surface area contributed by atoms with Crippen molar-refractivity contribution < 1.29 is 0 Å².